The quantitative estimate of drug-likeness (QED) is 0.647. The number of hydrogen-bond donors (Lipinski definition) is 1. The number of hydrogen-bond acceptors (Lipinski definition) is 5. The Balaban J connectivity index is 1.95. The molecule has 1 aromatic heterocycles. The molecule has 0 saturated heterocycles. The zero-order valence-electron chi connectivity index (χ0n) is 16.6. The number of carbonyl (C=O) groups is 1. The van der Waals surface area contributed by atoms with E-state index in [0.29, 0.717) is 22.9 Å². The summed E-state index contributed by atoms with van der Waals surface area (Å²) in [4.78, 5) is 24.1. The lowest BCUT2D eigenvalue weighted by Gasteiger charge is -2.19. The highest BCUT2D eigenvalue weighted by Gasteiger charge is 2.15. The minimum Gasteiger partial charge on any atom is -0.360 e. The van der Waals surface area contributed by atoms with Gasteiger partial charge in [-0.05, 0) is 24.6 Å². The summed E-state index contributed by atoms with van der Waals surface area (Å²) >= 11 is 0. The van der Waals surface area contributed by atoms with Gasteiger partial charge in [-0.25, -0.2) is 9.97 Å². The summed E-state index contributed by atoms with van der Waals surface area (Å²) in [6, 6.07) is 20.2. The number of benzene rings is 2. The van der Waals surface area contributed by atoms with Crippen LogP contribution in [0.1, 0.15) is 35.8 Å². The molecule has 1 amide bonds. The molecule has 3 rings (SSSR count). The second-order valence-corrected chi connectivity index (χ2v) is 6.72. The smallest absolute Gasteiger partial charge is 0.274 e. The van der Waals surface area contributed by atoms with Gasteiger partial charge in [-0.2, -0.15) is 5.26 Å². The number of nitrogens with one attached hydrogen (secondary N) is 1. The summed E-state index contributed by atoms with van der Waals surface area (Å²) in [5.74, 6) is 0.857. The SMILES string of the molecule is CCCCN(C)c1cc(C(=O)Nc2cccc(C#N)c2)nc(-c2ccccc2)n1. The van der Waals surface area contributed by atoms with Gasteiger partial charge in [-0.3, -0.25) is 4.79 Å². The highest BCUT2D eigenvalue weighted by molar-refractivity contribution is 6.03. The van der Waals surface area contributed by atoms with Crippen molar-refractivity contribution in [2.24, 2.45) is 0 Å². The molecule has 0 spiro atoms. The van der Waals surface area contributed by atoms with Crippen molar-refractivity contribution in [2.75, 3.05) is 23.8 Å². The van der Waals surface area contributed by atoms with E-state index in [1.807, 2.05) is 42.3 Å². The molecule has 0 aliphatic heterocycles. The highest BCUT2D eigenvalue weighted by Crippen LogP contribution is 2.21. The first-order valence-electron chi connectivity index (χ1n) is 9.58. The third kappa shape index (κ3) is 5.17. The van der Waals surface area contributed by atoms with Crippen LogP contribution in [0.3, 0.4) is 0 Å². The molecule has 2 aromatic carbocycles. The molecule has 29 heavy (non-hydrogen) atoms. The van der Waals surface area contributed by atoms with Gasteiger partial charge in [-0.1, -0.05) is 49.7 Å². The number of nitrogens with zero attached hydrogens (tertiary/aromatic N) is 4. The highest BCUT2D eigenvalue weighted by atomic mass is 16.1. The number of carbonyl (C=O) groups excluding carboxylic acids is 1. The maximum absolute atomic E-state index is 12.9. The van der Waals surface area contributed by atoms with E-state index in [2.05, 4.69) is 28.3 Å². The van der Waals surface area contributed by atoms with E-state index in [9.17, 15) is 4.79 Å². The van der Waals surface area contributed by atoms with E-state index in [1.54, 1.807) is 30.3 Å². The van der Waals surface area contributed by atoms with Crippen molar-refractivity contribution in [2.45, 2.75) is 19.8 Å². The lowest BCUT2D eigenvalue weighted by Crippen LogP contribution is -2.22. The fourth-order valence-electron chi connectivity index (χ4n) is 2.83. The van der Waals surface area contributed by atoms with Crippen molar-refractivity contribution in [3.05, 3.63) is 71.9 Å². The van der Waals surface area contributed by atoms with Gasteiger partial charge in [0.15, 0.2) is 5.82 Å². The molecular weight excluding hydrogens is 362 g/mol. The molecule has 0 fully saturated rings. The summed E-state index contributed by atoms with van der Waals surface area (Å²) in [7, 11) is 1.96. The molecule has 0 unspecified atom stereocenters. The number of rotatable bonds is 7. The molecule has 1 heterocycles. The van der Waals surface area contributed by atoms with Crippen LogP contribution in [0.15, 0.2) is 60.7 Å². The van der Waals surface area contributed by atoms with Crippen LogP contribution in [0.2, 0.25) is 0 Å². The molecule has 3 aromatic rings. The van der Waals surface area contributed by atoms with E-state index < -0.39 is 0 Å². The standard InChI is InChI=1S/C23H23N5O/c1-3-4-13-28(2)21-15-20(26-22(27-21)18-10-6-5-7-11-18)23(29)25-19-12-8-9-17(14-19)16-24/h5-12,14-15H,3-4,13H2,1-2H3,(H,25,29). The Kier molecular flexibility index (Phi) is 6.54. The maximum atomic E-state index is 12.9. The minimum absolute atomic E-state index is 0.277. The molecule has 6 nitrogen and oxygen atoms in total. The van der Waals surface area contributed by atoms with Crippen molar-refractivity contribution < 1.29 is 4.79 Å². The van der Waals surface area contributed by atoms with Crippen LogP contribution in [-0.2, 0) is 0 Å². The van der Waals surface area contributed by atoms with Crippen molar-refractivity contribution >= 4 is 17.4 Å². The number of anilines is 2. The maximum Gasteiger partial charge on any atom is 0.274 e. The van der Waals surface area contributed by atoms with Crippen molar-refractivity contribution in [3.8, 4) is 17.5 Å². The summed E-state index contributed by atoms with van der Waals surface area (Å²) < 4.78 is 0. The first kappa shape index (κ1) is 20.0. The molecule has 146 valence electrons. The van der Waals surface area contributed by atoms with E-state index in [4.69, 9.17) is 5.26 Å². The Morgan fingerprint density at radius 3 is 2.62 bits per heavy atom. The van der Waals surface area contributed by atoms with Crippen LogP contribution < -0.4 is 10.2 Å². The molecule has 0 bridgehead atoms. The number of unbranched alkanes of at least 4 members (excludes halogenated alkanes) is 1. The van der Waals surface area contributed by atoms with Crippen molar-refractivity contribution in [1.82, 2.24) is 9.97 Å². The third-order valence-corrected chi connectivity index (χ3v) is 4.46. The van der Waals surface area contributed by atoms with E-state index in [0.717, 1.165) is 24.9 Å². The van der Waals surface area contributed by atoms with Gasteiger partial charge in [0.2, 0.25) is 0 Å². The Hall–Kier alpha value is -3.72. The first-order chi connectivity index (χ1) is 14.1. The summed E-state index contributed by atoms with van der Waals surface area (Å²) in [6.45, 7) is 2.98. The molecule has 1 N–H and O–H groups in total. The fourth-order valence-corrected chi connectivity index (χ4v) is 2.83. The van der Waals surface area contributed by atoms with Gasteiger partial charge in [0.05, 0.1) is 11.6 Å². The van der Waals surface area contributed by atoms with Crippen LogP contribution in [0, 0.1) is 11.3 Å². The van der Waals surface area contributed by atoms with Gasteiger partial charge in [0.1, 0.15) is 11.5 Å². The van der Waals surface area contributed by atoms with Crippen molar-refractivity contribution in [3.63, 3.8) is 0 Å². The predicted octanol–water partition coefficient (Wildman–Crippen LogP) is 4.50. The zero-order chi connectivity index (χ0) is 20.6. The Labute approximate surface area is 170 Å². The topological polar surface area (TPSA) is 81.9 Å². The monoisotopic (exact) mass is 385 g/mol. The Morgan fingerprint density at radius 2 is 1.90 bits per heavy atom. The third-order valence-electron chi connectivity index (χ3n) is 4.46. The van der Waals surface area contributed by atoms with E-state index >= 15 is 0 Å². The molecule has 0 aliphatic rings. The Morgan fingerprint density at radius 1 is 1.10 bits per heavy atom. The number of amides is 1. The van der Waals surface area contributed by atoms with Gasteiger partial charge < -0.3 is 10.2 Å². The molecule has 0 radical (unpaired) electrons. The molecule has 6 heteroatoms. The van der Waals surface area contributed by atoms with E-state index in [-0.39, 0.29) is 11.6 Å². The van der Waals surface area contributed by atoms with Gasteiger partial charge >= 0.3 is 0 Å². The second kappa shape index (κ2) is 9.47. The minimum atomic E-state index is -0.343. The fraction of sp³-hybridized carbons (Fsp3) is 0.217. The van der Waals surface area contributed by atoms with Gasteiger partial charge in [0.25, 0.3) is 5.91 Å². The average Bonchev–Trinajstić information content (AvgIpc) is 2.77. The summed E-state index contributed by atoms with van der Waals surface area (Å²) in [5.41, 5.74) is 2.16. The van der Waals surface area contributed by atoms with Crippen LogP contribution in [0.4, 0.5) is 11.5 Å². The van der Waals surface area contributed by atoms with Crippen LogP contribution in [0.25, 0.3) is 11.4 Å². The van der Waals surface area contributed by atoms with Crippen LogP contribution >= 0.6 is 0 Å². The largest absolute Gasteiger partial charge is 0.360 e. The molecular formula is C23H23N5O. The number of aromatic nitrogens is 2. The second-order valence-electron chi connectivity index (χ2n) is 6.72. The van der Waals surface area contributed by atoms with Crippen LogP contribution in [-0.4, -0.2) is 29.5 Å². The Bertz CT molecular complexity index is 1030. The lowest BCUT2D eigenvalue weighted by molar-refractivity contribution is 0.102. The zero-order valence-corrected chi connectivity index (χ0v) is 16.6. The molecule has 0 aliphatic carbocycles. The first-order valence-corrected chi connectivity index (χ1v) is 9.58. The average molecular weight is 385 g/mol. The summed E-state index contributed by atoms with van der Waals surface area (Å²) in [5, 5.41) is 11.9. The molecule has 0 atom stereocenters. The van der Waals surface area contributed by atoms with Crippen LogP contribution in [0.5, 0.6) is 0 Å². The van der Waals surface area contributed by atoms with Gasteiger partial charge in [-0.15, -0.1) is 0 Å². The lowest BCUT2D eigenvalue weighted by atomic mass is 10.2. The van der Waals surface area contributed by atoms with Gasteiger partial charge in [0, 0.05) is 30.9 Å². The number of nitriles is 1. The molecule has 0 saturated carbocycles. The normalized spacial score (nSPS) is 10.2. The predicted molar refractivity (Wildman–Crippen MR) is 115 cm³/mol. The van der Waals surface area contributed by atoms with Crippen molar-refractivity contribution in [1.29, 1.82) is 5.26 Å². The summed E-state index contributed by atoms with van der Waals surface area (Å²) in [6.07, 6.45) is 2.10. The van der Waals surface area contributed by atoms with E-state index in [1.165, 1.54) is 0 Å².